The molecule has 0 amide bonds. The first-order valence-electron chi connectivity index (χ1n) is 2.68. The summed E-state index contributed by atoms with van der Waals surface area (Å²) in [7, 11) is 0. The summed E-state index contributed by atoms with van der Waals surface area (Å²) < 4.78 is 4.60. The Kier molecular flexibility index (Phi) is 16.2. The van der Waals surface area contributed by atoms with Gasteiger partial charge < -0.3 is 11.7 Å². The molecule has 0 aromatic carbocycles. The van der Waals surface area contributed by atoms with E-state index in [9.17, 15) is 4.79 Å². The molecule has 4 heteroatoms. The van der Waals surface area contributed by atoms with Crippen LogP contribution in [0.4, 0.5) is 0 Å². The van der Waals surface area contributed by atoms with Crippen LogP contribution < -0.4 is 0 Å². The smallest absolute Gasteiger partial charge is 0.278 e. The summed E-state index contributed by atoms with van der Waals surface area (Å²) in [4.78, 5) is 10.5. The second-order valence-corrected chi connectivity index (χ2v) is 1.65. The molecule has 0 aliphatic rings. The minimum Gasteiger partial charge on any atom is -0.468 e. The fourth-order valence-corrected chi connectivity index (χ4v) is 0.285. The first kappa shape index (κ1) is 16.9. The van der Waals surface area contributed by atoms with E-state index in [0.29, 0.717) is 6.61 Å². The quantitative estimate of drug-likeness (QED) is 0.429. The Morgan fingerprint density at radius 2 is 2.10 bits per heavy atom. The van der Waals surface area contributed by atoms with Crippen molar-refractivity contribution in [3.63, 3.8) is 0 Å². The Hall–Kier alpha value is 0.573. The standard InChI is InChI=1S/C6H11O2.BrH.Zn/c1-4-8-6(7)5(2)3;;/h5H,2,4H2,1,3H3;1H;/q-1;;. The number of carbonyl (C=O) groups is 1. The van der Waals surface area contributed by atoms with E-state index in [1.807, 2.05) is 0 Å². The minimum absolute atomic E-state index is 0. The van der Waals surface area contributed by atoms with E-state index in [1.165, 1.54) is 0 Å². The van der Waals surface area contributed by atoms with Gasteiger partial charge in [-0.2, -0.15) is 0 Å². The van der Waals surface area contributed by atoms with Gasteiger partial charge in [0.05, 0.1) is 6.61 Å². The molecule has 0 saturated heterocycles. The number of rotatable bonds is 2. The maximum atomic E-state index is 10.5. The molecule has 0 fully saturated rings. The normalized spacial score (nSPS) is 10.3. The second kappa shape index (κ2) is 9.57. The van der Waals surface area contributed by atoms with Crippen LogP contribution in [0.1, 0.15) is 13.8 Å². The predicted octanol–water partition coefficient (Wildman–Crippen LogP) is 1.60. The molecule has 0 aromatic heterocycles. The Morgan fingerprint density at radius 3 is 2.20 bits per heavy atom. The molecule has 1 atom stereocenters. The van der Waals surface area contributed by atoms with E-state index < -0.39 is 0 Å². The van der Waals surface area contributed by atoms with Crippen LogP contribution in [0, 0.1) is 12.8 Å². The van der Waals surface area contributed by atoms with Gasteiger partial charge >= 0.3 is 0 Å². The first-order chi connectivity index (χ1) is 3.68. The molecule has 10 heavy (non-hydrogen) atoms. The largest absolute Gasteiger partial charge is 0.468 e. The SMILES string of the molecule is Br.[CH2-]C(C)C(=O)OCC.[Zn]. The van der Waals surface area contributed by atoms with Gasteiger partial charge in [-0.25, -0.2) is 0 Å². The molecule has 2 nitrogen and oxygen atoms in total. The summed E-state index contributed by atoms with van der Waals surface area (Å²) in [6.07, 6.45) is 0. The van der Waals surface area contributed by atoms with Crippen LogP contribution in [0.2, 0.25) is 0 Å². The summed E-state index contributed by atoms with van der Waals surface area (Å²) in [6.45, 7) is 7.41. The van der Waals surface area contributed by atoms with Gasteiger partial charge in [-0.05, 0) is 6.92 Å². The molecule has 0 aromatic rings. The molecule has 0 saturated carbocycles. The molecule has 0 radical (unpaired) electrons. The molecule has 0 spiro atoms. The molecular weight excluding hydrogens is 249 g/mol. The summed E-state index contributed by atoms with van der Waals surface area (Å²) >= 11 is 0. The van der Waals surface area contributed by atoms with Crippen molar-refractivity contribution in [2.75, 3.05) is 6.61 Å². The van der Waals surface area contributed by atoms with Gasteiger partial charge in [0.15, 0.2) is 0 Å². The van der Waals surface area contributed by atoms with Crippen molar-refractivity contribution in [3.05, 3.63) is 6.92 Å². The number of esters is 1. The fourth-order valence-electron chi connectivity index (χ4n) is 0.285. The maximum Gasteiger partial charge on any atom is 0.278 e. The van der Waals surface area contributed by atoms with Gasteiger partial charge in [0, 0.05) is 19.5 Å². The van der Waals surface area contributed by atoms with Gasteiger partial charge in [-0.3, -0.25) is 4.79 Å². The molecule has 0 heterocycles. The van der Waals surface area contributed by atoms with Crippen LogP contribution in [0.15, 0.2) is 0 Å². The van der Waals surface area contributed by atoms with E-state index in [-0.39, 0.29) is 48.3 Å². The summed E-state index contributed by atoms with van der Waals surface area (Å²) in [5, 5.41) is 0. The minimum atomic E-state index is -0.241. The van der Waals surface area contributed by atoms with E-state index in [1.54, 1.807) is 13.8 Å². The Labute approximate surface area is 85.2 Å². The van der Waals surface area contributed by atoms with E-state index in [0.717, 1.165) is 0 Å². The Balaban J connectivity index is -0.000000245. The average molecular weight is 261 g/mol. The van der Waals surface area contributed by atoms with Crippen molar-refractivity contribution < 1.29 is 29.0 Å². The molecule has 0 N–H and O–H groups in total. The Morgan fingerprint density at radius 1 is 1.70 bits per heavy atom. The number of hydrogen-bond donors (Lipinski definition) is 0. The number of hydrogen-bond acceptors (Lipinski definition) is 2. The van der Waals surface area contributed by atoms with Crippen LogP contribution in [0.3, 0.4) is 0 Å². The summed E-state index contributed by atoms with van der Waals surface area (Å²) in [5.74, 6) is -0.470. The predicted molar refractivity (Wildman–Crippen MR) is 41.5 cm³/mol. The van der Waals surface area contributed by atoms with Crippen LogP contribution in [0.25, 0.3) is 0 Å². The van der Waals surface area contributed by atoms with Gasteiger partial charge in [-0.15, -0.1) is 17.0 Å². The molecule has 0 aliphatic carbocycles. The third-order valence-corrected chi connectivity index (χ3v) is 0.689. The van der Waals surface area contributed by atoms with Gasteiger partial charge in [0.2, 0.25) is 0 Å². The third kappa shape index (κ3) is 8.57. The van der Waals surface area contributed by atoms with Gasteiger partial charge in [-0.1, -0.05) is 12.8 Å². The van der Waals surface area contributed by atoms with E-state index in [2.05, 4.69) is 11.7 Å². The zero-order valence-corrected chi connectivity index (χ0v) is 11.1. The van der Waals surface area contributed by atoms with Crippen molar-refractivity contribution in [1.82, 2.24) is 0 Å². The van der Waals surface area contributed by atoms with Crippen molar-refractivity contribution in [2.24, 2.45) is 5.92 Å². The molecular formula is C6H12BrO2Zn-. The summed E-state index contributed by atoms with van der Waals surface area (Å²) in [5.41, 5.74) is 0. The van der Waals surface area contributed by atoms with Gasteiger partial charge in [0.1, 0.15) is 0 Å². The van der Waals surface area contributed by atoms with Crippen LogP contribution >= 0.6 is 17.0 Å². The van der Waals surface area contributed by atoms with E-state index >= 15 is 0 Å². The monoisotopic (exact) mass is 259 g/mol. The van der Waals surface area contributed by atoms with Gasteiger partial charge in [0.25, 0.3) is 5.97 Å². The molecule has 0 rings (SSSR count). The molecule has 58 valence electrons. The Bertz CT molecular complexity index is 85.8. The maximum absolute atomic E-state index is 10.5. The zero-order chi connectivity index (χ0) is 6.57. The van der Waals surface area contributed by atoms with Crippen molar-refractivity contribution in [3.8, 4) is 0 Å². The zero-order valence-electron chi connectivity index (χ0n) is 6.42. The van der Waals surface area contributed by atoms with E-state index in [4.69, 9.17) is 0 Å². The van der Waals surface area contributed by atoms with Crippen molar-refractivity contribution in [1.29, 1.82) is 0 Å². The molecule has 1 unspecified atom stereocenters. The van der Waals surface area contributed by atoms with Crippen molar-refractivity contribution in [2.45, 2.75) is 13.8 Å². The van der Waals surface area contributed by atoms with Crippen LogP contribution in [0.5, 0.6) is 0 Å². The third-order valence-electron chi connectivity index (χ3n) is 0.689. The topological polar surface area (TPSA) is 26.3 Å². The van der Waals surface area contributed by atoms with Crippen molar-refractivity contribution >= 4 is 23.0 Å². The van der Waals surface area contributed by atoms with Crippen LogP contribution in [-0.4, -0.2) is 12.6 Å². The summed E-state index contributed by atoms with van der Waals surface area (Å²) in [6, 6.07) is 0. The average Bonchev–Trinajstić information content (AvgIpc) is 1.67. The number of halogens is 1. The second-order valence-electron chi connectivity index (χ2n) is 1.65. The first-order valence-corrected chi connectivity index (χ1v) is 2.68. The number of carbonyl (C=O) groups excluding carboxylic acids is 1. The molecule has 0 bridgehead atoms. The van der Waals surface area contributed by atoms with Crippen LogP contribution in [-0.2, 0) is 29.0 Å². The molecule has 0 aliphatic heterocycles. The fraction of sp³-hybridized carbons (Fsp3) is 0.667. The number of ether oxygens (including phenoxy) is 1.